The van der Waals surface area contributed by atoms with Crippen LogP contribution in [0, 0.1) is 27.7 Å². The van der Waals surface area contributed by atoms with Crippen molar-refractivity contribution in [1.82, 2.24) is 0 Å². The van der Waals surface area contributed by atoms with E-state index in [1.165, 1.54) is 0 Å². The minimum Gasteiger partial charge on any atom is -0.481 e. The molecule has 0 aromatic heterocycles. The van der Waals surface area contributed by atoms with Crippen LogP contribution in [0.15, 0.2) is 12.1 Å². The Bertz CT molecular complexity index is 596. The molecule has 0 radical (unpaired) electrons. The first-order valence-corrected chi connectivity index (χ1v) is 5.48. The quantitative estimate of drug-likeness (QED) is 0.667. The van der Waals surface area contributed by atoms with Crippen molar-refractivity contribution in [3.63, 3.8) is 0 Å². The Balaban J connectivity index is 2.41. The van der Waals surface area contributed by atoms with E-state index in [1.807, 2.05) is 0 Å². The molecule has 1 aliphatic heterocycles. The van der Waals surface area contributed by atoms with E-state index in [2.05, 4.69) is 0 Å². The van der Waals surface area contributed by atoms with Gasteiger partial charge in [0.1, 0.15) is 5.69 Å². The number of non-ortho nitro benzene ring substituents is 1. The Morgan fingerprint density at radius 2 is 1.95 bits per heavy atom. The zero-order chi connectivity index (χ0) is 15.0. The summed E-state index contributed by atoms with van der Waals surface area (Å²) in [6.07, 6.45) is -0.370. The molecule has 1 aromatic rings. The Labute approximate surface area is 110 Å². The number of nitro benzene ring substituents is 1. The van der Waals surface area contributed by atoms with Crippen molar-refractivity contribution in [2.45, 2.75) is 6.42 Å². The highest BCUT2D eigenvalue weighted by molar-refractivity contribution is 5.99. The van der Waals surface area contributed by atoms with E-state index >= 15 is 0 Å². The van der Waals surface area contributed by atoms with Crippen LogP contribution in [-0.2, 0) is 9.59 Å². The van der Waals surface area contributed by atoms with Gasteiger partial charge in [0.2, 0.25) is 5.91 Å². The fourth-order valence-corrected chi connectivity index (χ4v) is 2.00. The maximum Gasteiger partial charge on any atom is 0.308 e. The molecule has 0 aliphatic carbocycles. The Hall–Kier alpha value is -2.58. The summed E-state index contributed by atoms with van der Waals surface area (Å²) < 4.78 is 27.5. The number of aliphatic carboxylic acids is 1. The molecule has 0 bridgehead atoms. The molecule has 106 valence electrons. The lowest BCUT2D eigenvalue weighted by atomic mass is 10.1. The molecule has 1 aliphatic rings. The maximum atomic E-state index is 13.7. The van der Waals surface area contributed by atoms with Gasteiger partial charge in [0.25, 0.3) is 5.69 Å². The SMILES string of the molecule is O=C(O)C1CC(=O)N(c2c(F)cc([N+](=O)[O-])cc2F)C1. The first kappa shape index (κ1) is 13.8. The van der Waals surface area contributed by atoms with Gasteiger partial charge in [-0.05, 0) is 0 Å². The van der Waals surface area contributed by atoms with Crippen LogP contribution in [0.2, 0.25) is 0 Å². The number of amides is 1. The highest BCUT2D eigenvalue weighted by Gasteiger charge is 2.38. The van der Waals surface area contributed by atoms with Gasteiger partial charge in [-0.15, -0.1) is 0 Å². The van der Waals surface area contributed by atoms with Gasteiger partial charge in [0.15, 0.2) is 11.6 Å². The van der Waals surface area contributed by atoms with Crippen LogP contribution >= 0.6 is 0 Å². The lowest BCUT2D eigenvalue weighted by Crippen LogP contribution is -2.27. The molecule has 7 nitrogen and oxygen atoms in total. The number of benzene rings is 1. The second-order valence-corrected chi connectivity index (χ2v) is 4.26. The third kappa shape index (κ3) is 2.29. The Kier molecular flexibility index (Phi) is 3.35. The zero-order valence-corrected chi connectivity index (χ0v) is 9.88. The van der Waals surface area contributed by atoms with E-state index < -0.39 is 45.7 Å². The number of nitrogens with zero attached hydrogens (tertiary/aromatic N) is 2. The van der Waals surface area contributed by atoms with Gasteiger partial charge in [-0.3, -0.25) is 19.7 Å². The molecule has 9 heteroatoms. The summed E-state index contributed by atoms with van der Waals surface area (Å²) in [6.45, 7) is -0.375. The monoisotopic (exact) mass is 286 g/mol. The summed E-state index contributed by atoms with van der Waals surface area (Å²) in [5.41, 5.74) is -1.55. The van der Waals surface area contributed by atoms with Crippen molar-refractivity contribution >= 4 is 23.3 Å². The number of carbonyl (C=O) groups excluding carboxylic acids is 1. The van der Waals surface area contributed by atoms with E-state index in [0.717, 1.165) is 0 Å². The highest BCUT2D eigenvalue weighted by atomic mass is 19.1. The lowest BCUT2D eigenvalue weighted by Gasteiger charge is -2.17. The third-order valence-electron chi connectivity index (χ3n) is 2.96. The van der Waals surface area contributed by atoms with Crippen LogP contribution in [0.3, 0.4) is 0 Å². The van der Waals surface area contributed by atoms with Crippen molar-refractivity contribution < 1.29 is 28.4 Å². The Morgan fingerprint density at radius 3 is 2.35 bits per heavy atom. The van der Waals surface area contributed by atoms with E-state index in [0.29, 0.717) is 17.0 Å². The van der Waals surface area contributed by atoms with Gasteiger partial charge in [-0.2, -0.15) is 0 Å². The van der Waals surface area contributed by atoms with Crippen LogP contribution in [0.4, 0.5) is 20.2 Å². The largest absolute Gasteiger partial charge is 0.481 e. The van der Waals surface area contributed by atoms with Crippen molar-refractivity contribution in [2.24, 2.45) is 5.92 Å². The molecule has 1 unspecified atom stereocenters. The number of carbonyl (C=O) groups is 2. The summed E-state index contributed by atoms with van der Waals surface area (Å²) in [5, 5.41) is 19.3. The number of carboxylic acid groups (broad SMARTS) is 1. The molecule has 0 spiro atoms. The minimum atomic E-state index is -1.28. The summed E-state index contributed by atoms with van der Waals surface area (Å²) in [6, 6.07) is 0.972. The Morgan fingerprint density at radius 1 is 1.40 bits per heavy atom. The molecule has 1 saturated heterocycles. The highest BCUT2D eigenvalue weighted by Crippen LogP contribution is 2.32. The van der Waals surface area contributed by atoms with E-state index in [-0.39, 0.29) is 13.0 Å². The normalized spacial score (nSPS) is 18.4. The number of rotatable bonds is 3. The number of nitro groups is 1. The minimum absolute atomic E-state index is 0.370. The number of hydrogen-bond donors (Lipinski definition) is 1. The van der Waals surface area contributed by atoms with Crippen LogP contribution in [0.25, 0.3) is 0 Å². The van der Waals surface area contributed by atoms with Crippen LogP contribution in [0.5, 0.6) is 0 Å². The molecule has 2 rings (SSSR count). The second kappa shape index (κ2) is 4.83. The van der Waals surface area contributed by atoms with Crippen LogP contribution < -0.4 is 4.90 Å². The first-order chi connectivity index (χ1) is 9.31. The topological polar surface area (TPSA) is 101 Å². The standard InChI is InChI=1S/C11H8F2N2O5/c12-7-2-6(15(19)20)3-8(13)10(7)14-4-5(11(17)18)1-9(14)16/h2-3,5H,1,4H2,(H,17,18). The van der Waals surface area contributed by atoms with Gasteiger partial charge in [-0.25, -0.2) is 8.78 Å². The fraction of sp³-hybridized carbons (Fsp3) is 0.273. The first-order valence-electron chi connectivity index (χ1n) is 5.48. The molecule has 0 saturated carbocycles. The molecular weight excluding hydrogens is 278 g/mol. The summed E-state index contributed by atoms with van der Waals surface area (Å²) in [7, 11) is 0. The van der Waals surface area contributed by atoms with Gasteiger partial charge in [0, 0.05) is 13.0 Å². The van der Waals surface area contributed by atoms with Gasteiger partial charge >= 0.3 is 5.97 Å². The van der Waals surface area contributed by atoms with Crippen molar-refractivity contribution in [3.05, 3.63) is 33.9 Å². The molecule has 1 aromatic carbocycles. The van der Waals surface area contributed by atoms with Crippen LogP contribution in [-0.4, -0.2) is 28.5 Å². The molecule has 1 N–H and O–H groups in total. The summed E-state index contributed by atoms with van der Waals surface area (Å²) in [4.78, 5) is 32.5. The average Bonchev–Trinajstić information content (AvgIpc) is 2.70. The number of halogens is 2. The molecule has 20 heavy (non-hydrogen) atoms. The maximum absolute atomic E-state index is 13.7. The predicted molar refractivity (Wildman–Crippen MR) is 61.1 cm³/mol. The molecule has 1 atom stereocenters. The molecular formula is C11H8F2N2O5. The number of carboxylic acids is 1. The van der Waals surface area contributed by atoms with E-state index in [4.69, 9.17) is 5.11 Å². The fourth-order valence-electron chi connectivity index (χ4n) is 2.00. The third-order valence-corrected chi connectivity index (χ3v) is 2.96. The molecule has 1 heterocycles. The van der Waals surface area contributed by atoms with Crippen molar-refractivity contribution in [1.29, 1.82) is 0 Å². The van der Waals surface area contributed by atoms with E-state index in [1.54, 1.807) is 0 Å². The smallest absolute Gasteiger partial charge is 0.308 e. The van der Waals surface area contributed by atoms with Crippen molar-refractivity contribution in [3.8, 4) is 0 Å². The van der Waals surface area contributed by atoms with Crippen molar-refractivity contribution in [2.75, 3.05) is 11.4 Å². The zero-order valence-electron chi connectivity index (χ0n) is 9.88. The van der Waals surface area contributed by atoms with Crippen LogP contribution in [0.1, 0.15) is 6.42 Å². The van der Waals surface area contributed by atoms with Gasteiger partial charge in [-0.1, -0.05) is 0 Å². The van der Waals surface area contributed by atoms with Gasteiger partial charge < -0.3 is 10.0 Å². The summed E-state index contributed by atoms with van der Waals surface area (Å²) in [5.74, 6) is -5.61. The molecule has 1 fully saturated rings. The predicted octanol–water partition coefficient (Wildman–Crippen LogP) is 1.31. The summed E-state index contributed by atoms with van der Waals surface area (Å²) >= 11 is 0. The van der Waals surface area contributed by atoms with Gasteiger partial charge in [0.05, 0.1) is 23.0 Å². The molecule has 1 amide bonds. The second-order valence-electron chi connectivity index (χ2n) is 4.26. The number of anilines is 1. The number of hydrogen-bond acceptors (Lipinski definition) is 4. The average molecular weight is 286 g/mol. The van der Waals surface area contributed by atoms with E-state index in [9.17, 15) is 28.5 Å². The lowest BCUT2D eigenvalue weighted by molar-refractivity contribution is -0.385.